The maximum atomic E-state index is 11.0. The number of nitrogens with zero attached hydrogens (tertiary/aromatic N) is 4. The van der Waals surface area contributed by atoms with Gasteiger partial charge in [0.05, 0.1) is 24.7 Å². The molecule has 0 aliphatic rings. The Labute approximate surface area is 97.0 Å². The Morgan fingerprint density at radius 1 is 1.53 bits per heavy atom. The molecule has 17 heavy (non-hydrogen) atoms. The van der Waals surface area contributed by atoms with Gasteiger partial charge >= 0.3 is 6.16 Å². The van der Waals surface area contributed by atoms with Gasteiger partial charge in [-0.3, -0.25) is 4.98 Å². The van der Waals surface area contributed by atoms with Gasteiger partial charge in [0.15, 0.2) is 0 Å². The van der Waals surface area contributed by atoms with Gasteiger partial charge in [-0.25, -0.2) is 9.48 Å². The van der Waals surface area contributed by atoms with Gasteiger partial charge in [-0.1, -0.05) is 10.3 Å². The first-order valence-electron chi connectivity index (χ1n) is 4.97. The average Bonchev–Trinajstić information content (AvgIpc) is 2.79. The summed E-state index contributed by atoms with van der Waals surface area (Å²) < 4.78 is 10.8. The third-order valence-corrected chi connectivity index (χ3v) is 1.83. The first-order chi connectivity index (χ1) is 8.29. The molecule has 88 valence electrons. The number of hydrogen-bond donors (Lipinski definition) is 0. The molecular formula is C10H10N4O3. The largest absolute Gasteiger partial charge is 0.515 e. The molecule has 0 aromatic carbocycles. The van der Waals surface area contributed by atoms with E-state index < -0.39 is 6.16 Å². The summed E-state index contributed by atoms with van der Waals surface area (Å²) in [5, 5.41) is 7.47. The lowest BCUT2D eigenvalue weighted by Crippen LogP contribution is -2.10. The molecule has 0 saturated carbocycles. The molecule has 0 radical (unpaired) electrons. The van der Waals surface area contributed by atoms with Crippen molar-refractivity contribution in [3.8, 4) is 11.6 Å². The fraction of sp³-hybridized carbons (Fsp3) is 0.200. The van der Waals surface area contributed by atoms with Crippen LogP contribution in [0.25, 0.3) is 5.69 Å². The van der Waals surface area contributed by atoms with E-state index in [-0.39, 0.29) is 12.5 Å². The number of pyridine rings is 1. The molecule has 0 fully saturated rings. The van der Waals surface area contributed by atoms with Crippen molar-refractivity contribution >= 4 is 6.16 Å². The highest BCUT2D eigenvalue weighted by Gasteiger charge is 2.09. The predicted octanol–water partition coefficient (Wildman–Crippen LogP) is 1.20. The van der Waals surface area contributed by atoms with Crippen molar-refractivity contribution in [2.24, 2.45) is 0 Å². The molecule has 0 bridgehead atoms. The van der Waals surface area contributed by atoms with Crippen LogP contribution < -0.4 is 4.74 Å². The van der Waals surface area contributed by atoms with Crippen molar-refractivity contribution in [1.29, 1.82) is 0 Å². The van der Waals surface area contributed by atoms with Crippen LogP contribution in [0.15, 0.2) is 30.7 Å². The lowest BCUT2D eigenvalue weighted by molar-refractivity contribution is 0.102. The van der Waals surface area contributed by atoms with Crippen LogP contribution in [0, 0.1) is 0 Å². The van der Waals surface area contributed by atoms with E-state index in [4.69, 9.17) is 4.74 Å². The second-order valence-corrected chi connectivity index (χ2v) is 3.00. The van der Waals surface area contributed by atoms with Gasteiger partial charge in [-0.2, -0.15) is 0 Å². The minimum absolute atomic E-state index is 0.0762. The molecular weight excluding hydrogens is 224 g/mol. The molecule has 7 nitrogen and oxygen atoms in total. The number of carbonyl (C=O) groups is 1. The summed E-state index contributed by atoms with van der Waals surface area (Å²) in [5.74, 6) is 0.0762. The molecule has 0 unspecified atom stereocenters. The minimum atomic E-state index is -0.800. The number of carbonyl (C=O) groups excluding carboxylic acids is 1. The van der Waals surface area contributed by atoms with Gasteiger partial charge in [-0.05, 0) is 19.1 Å². The van der Waals surface area contributed by atoms with Gasteiger partial charge in [0.2, 0.25) is 0 Å². The zero-order chi connectivity index (χ0) is 12.1. The topological polar surface area (TPSA) is 79.1 Å². The number of hydrogen-bond acceptors (Lipinski definition) is 6. The van der Waals surface area contributed by atoms with Crippen LogP contribution in [-0.2, 0) is 4.74 Å². The molecule has 2 rings (SSSR count). The van der Waals surface area contributed by atoms with E-state index in [1.165, 1.54) is 10.9 Å². The molecule has 0 spiro atoms. The van der Waals surface area contributed by atoms with Crippen LogP contribution in [0.4, 0.5) is 4.79 Å². The summed E-state index contributed by atoms with van der Waals surface area (Å²) in [6, 6.07) is 3.57. The lowest BCUT2D eigenvalue weighted by Gasteiger charge is -1.99. The van der Waals surface area contributed by atoms with Gasteiger partial charge in [0.1, 0.15) is 0 Å². The molecule has 0 aliphatic heterocycles. The Hall–Kier alpha value is -2.44. The quantitative estimate of drug-likeness (QED) is 0.742. The van der Waals surface area contributed by atoms with E-state index >= 15 is 0 Å². The van der Waals surface area contributed by atoms with Crippen molar-refractivity contribution in [3.63, 3.8) is 0 Å². The summed E-state index contributed by atoms with van der Waals surface area (Å²) in [4.78, 5) is 15.0. The van der Waals surface area contributed by atoms with E-state index in [9.17, 15) is 4.79 Å². The van der Waals surface area contributed by atoms with Crippen LogP contribution in [-0.4, -0.2) is 32.7 Å². The Kier molecular flexibility index (Phi) is 3.29. The van der Waals surface area contributed by atoms with Crippen molar-refractivity contribution in [2.45, 2.75) is 6.92 Å². The van der Waals surface area contributed by atoms with Gasteiger partial charge in [0, 0.05) is 6.20 Å². The van der Waals surface area contributed by atoms with E-state index in [0.717, 1.165) is 5.69 Å². The van der Waals surface area contributed by atoms with Gasteiger partial charge < -0.3 is 9.47 Å². The highest BCUT2D eigenvalue weighted by Crippen LogP contribution is 2.09. The first-order valence-corrected chi connectivity index (χ1v) is 4.97. The SMILES string of the molecule is CCOC(=O)Oc1cn(-c2cccnc2)nn1. The average molecular weight is 234 g/mol. The second-order valence-electron chi connectivity index (χ2n) is 3.00. The summed E-state index contributed by atoms with van der Waals surface area (Å²) in [7, 11) is 0. The number of ether oxygens (including phenoxy) is 2. The highest BCUT2D eigenvalue weighted by molar-refractivity contribution is 5.62. The predicted molar refractivity (Wildman–Crippen MR) is 56.8 cm³/mol. The van der Waals surface area contributed by atoms with Gasteiger partial charge in [0.25, 0.3) is 5.88 Å². The standard InChI is InChI=1S/C10H10N4O3/c1-2-16-10(15)17-9-7-14(13-12-9)8-4-3-5-11-6-8/h3-7H,2H2,1H3. The molecule has 0 amide bonds. The minimum Gasteiger partial charge on any atom is -0.434 e. The van der Waals surface area contributed by atoms with Crippen LogP contribution in [0.1, 0.15) is 6.92 Å². The molecule has 2 heterocycles. The highest BCUT2D eigenvalue weighted by atomic mass is 16.7. The molecule has 2 aromatic rings. The molecule has 0 saturated heterocycles. The van der Waals surface area contributed by atoms with Crippen molar-refractivity contribution in [1.82, 2.24) is 20.0 Å². The normalized spacial score (nSPS) is 9.94. The molecule has 7 heteroatoms. The summed E-state index contributed by atoms with van der Waals surface area (Å²) in [5.41, 5.74) is 0.721. The monoisotopic (exact) mass is 234 g/mol. The van der Waals surface area contributed by atoms with Gasteiger partial charge in [-0.15, -0.1) is 0 Å². The Morgan fingerprint density at radius 2 is 2.41 bits per heavy atom. The molecule has 2 aromatic heterocycles. The van der Waals surface area contributed by atoms with Crippen LogP contribution in [0.5, 0.6) is 5.88 Å². The lowest BCUT2D eigenvalue weighted by atomic mass is 10.4. The molecule has 0 atom stereocenters. The van der Waals surface area contributed by atoms with Crippen molar-refractivity contribution in [3.05, 3.63) is 30.7 Å². The zero-order valence-corrected chi connectivity index (χ0v) is 9.11. The van der Waals surface area contributed by atoms with Crippen LogP contribution in [0.3, 0.4) is 0 Å². The molecule has 0 N–H and O–H groups in total. The summed E-state index contributed by atoms with van der Waals surface area (Å²) >= 11 is 0. The second kappa shape index (κ2) is 5.06. The van der Waals surface area contributed by atoms with Crippen LogP contribution in [0.2, 0.25) is 0 Å². The van der Waals surface area contributed by atoms with E-state index in [1.54, 1.807) is 31.5 Å². The Balaban J connectivity index is 2.09. The third-order valence-electron chi connectivity index (χ3n) is 1.83. The number of aromatic nitrogens is 4. The van der Waals surface area contributed by atoms with Crippen molar-refractivity contribution in [2.75, 3.05) is 6.61 Å². The summed E-state index contributed by atoms with van der Waals surface area (Å²) in [6.07, 6.45) is 3.93. The Bertz CT molecular complexity index is 497. The third kappa shape index (κ3) is 2.77. The number of rotatable bonds is 3. The maximum absolute atomic E-state index is 11.0. The smallest absolute Gasteiger partial charge is 0.434 e. The maximum Gasteiger partial charge on any atom is 0.515 e. The molecule has 0 aliphatic carbocycles. The van der Waals surface area contributed by atoms with Crippen molar-refractivity contribution < 1.29 is 14.3 Å². The Morgan fingerprint density at radius 3 is 3.12 bits per heavy atom. The zero-order valence-electron chi connectivity index (χ0n) is 9.11. The first kappa shape index (κ1) is 11.1. The fourth-order valence-corrected chi connectivity index (χ4v) is 1.14. The van der Waals surface area contributed by atoms with E-state index in [0.29, 0.717) is 0 Å². The fourth-order valence-electron chi connectivity index (χ4n) is 1.14. The summed E-state index contributed by atoms with van der Waals surface area (Å²) in [6.45, 7) is 1.93. The van der Waals surface area contributed by atoms with E-state index in [2.05, 4.69) is 20.0 Å². The van der Waals surface area contributed by atoms with Crippen LogP contribution >= 0.6 is 0 Å². The van der Waals surface area contributed by atoms with E-state index in [1.807, 2.05) is 0 Å².